The maximum absolute atomic E-state index is 10.8. The second kappa shape index (κ2) is 13.6. The number of hydrogen-bond donors (Lipinski definition) is 0. The summed E-state index contributed by atoms with van der Waals surface area (Å²) >= 11 is 0. The first-order valence-corrected chi connectivity index (χ1v) is 19.3. The van der Waals surface area contributed by atoms with Gasteiger partial charge >= 0.3 is 0 Å². The fourth-order valence-electron chi connectivity index (χ4n) is 8.49. The quantitative estimate of drug-likeness (QED) is 0.170. The number of nitriles is 1. The second-order valence-electron chi connectivity index (χ2n) is 14.4. The molecule has 0 bridgehead atoms. The Kier molecular flexibility index (Phi) is 7.80. The molecular weight excluding hydrogens is 709 g/mol. The van der Waals surface area contributed by atoms with Crippen LogP contribution in [0.5, 0.6) is 0 Å². The summed E-state index contributed by atoms with van der Waals surface area (Å²) in [6.07, 6.45) is 0. The SMILES string of the molecule is N#Cc1c(-c2ccccc2)nc(-c2cc(-c3ccccc3)cc(-c3ccccc3)c2-n2c3ccccc3c3c4c(ccc32)oc2ccccc24)nc1-c1ccccc1. The van der Waals surface area contributed by atoms with Crippen molar-refractivity contribution in [3.8, 4) is 67.9 Å². The molecule has 5 nitrogen and oxygen atoms in total. The Balaban J connectivity index is 1.34. The lowest BCUT2D eigenvalue weighted by molar-refractivity contribution is 0.669. The van der Waals surface area contributed by atoms with Crippen molar-refractivity contribution in [1.82, 2.24) is 14.5 Å². The highest BCUT2D eigenvalue weighted by Gasteiger charge is 2.26. The molecule has 0 fully saturated rings. The fraction of sp³-hybridized carbons (Fsp3) is 0. The molecule has 0 N–H and O–H groups in total. The summed E-state index contributed by atoms with van der Waals surface area (Å²) in [5.41, 5.74) is 13.0. The predicted octanol–water partition coefficient (Wildman–Crippen LogP) is 13.7. The van der Waals surface area contributed by atoms with E-state index >= 15 is 0 Å². The van der Waals surface area contributed by atoms with E-state index < -0.39 is 0 Å². The van der Waals surface area contributed by atoms with Gasteiger partial charge in [0.1, 0.15) is 22.8 Å². The van der Waals surface area contributed by atoms with Gasteiger partial charge in [-0.3, -0.25) is 0 Å². The first-order valence-electron chi connectivity index (χ1n) is 19.3. The smallest absolute Gasteiger partial charge is 0.162 e. The van der Waals surface area contributed by atoms with Gasteiger partial charge in [-0.2, -0.15) is 5.26 Å². The van der Waals surface area contributed by atoms with Crippen molar-refractivity contribution < 1.29 is 4.42 Å². The lowest BCUT2D eigenvalue weighted by Gasteiger charge is -2.21. The summed E-state index contributed by atoms with van der Waals surface area (Å²) in [6.45, 7) is 0. The summed E-state index contributed by atoms with van der Waals surface area (Å²) in [5.74, 6) is 0.516. The van der Waals surface area contributed by atoms with Gasteiger partial charge in [-0.05, 0) is 53.1 Å². The number of aromatic nitrogens is 3. The molecule has 270 valence electrons. The van der Waals surface area contributed by atoms with Gasteiger partial charge < -0.3 is 8.98 Å². The van der Waals surface area contributed by atoms with E-state index in [1.54, 1.807) is 0 Å². The molecule has 0 saturated carbocycles. The Morgan fingerprint density at radius 3 is 1.60 bits per heavy atom. The largest absolute Gasteiger partial charge is 0.456 e. The number of nitrogens with zero attached hydrogens (tertiary/aromatic N) is 4. The van der Waals surface area contributed by atoms with Crippen LogP contribution in [0.4, 0.5) is 0 Å². The van der Waals surface area contributed by atoms with Crippen LogP contribution in [-0.4, -0.2) is 14.5 Å². The van der Waals surface area contributed by atoms with E-state index in [1.807, 2.05) is 84.9 Å². The molecule has 0 amide bonds. The third kappa shape index (κ3) is 5.31. The molecule has 0 unspecified atom stereocenters. The molecule has 0 spiro atoms. The topological polar surface area (TPSA) is 67.6 Å². The van der Waals surface area contributed by atoms with E-state index in [0.29, 0.717) is 22.8 Å². The number of para-hydroxylation sites is 2. The molecule has 0 aliphatic rings. The molecule has 8 aromatic carbocycles. The van der Waals surface area contributed by atoms with Crippen LogP contribution in [0, 0.1) is 11.3 Å². The van der Waals surface area contributed by atoms with Crippen LogP contribution in [0.15, 0.2) is 199 Å². The summed E-state index contributed by atoms with van der Waals surface area (Å²) < 4.78 is 8.83. The highest BCUT2D eigenvalue weighted by atomic mass is 16.3. The minimum absolute atomic E-state index is 0.427. The minimum atomic E-state index is 0.427. The Labute approximate surface area is 334 Å². The van der Waals surface area contributed by atoms with Gasteiger partial charge in [0.2, 0.25) is 0 Å². The third-order valence-electron chi connectivity index (χ3n) is 11.1. The highest BCUT2D eigenvalue weighted by molar-refractivity contribution is 6.27. The van der Waals surface area contributed by atoms with Crippen molar-refractivity contribution >= 4 is 43.7 Å². The first-order chi connectivity index (χ1) is 28.7. The van der Waals surface area contributed by atoms with Gasteiger partial charge in [0.15, 0.2) is 5.82 Å². The summed E-state index contributed by atoms with van der Waals surface area (Å²) in [5, 5.41) is 15.2. The average Bonchev–Trinajstić information content (AvgIpc) is 3.85. The molecule has 0 radical (unpaired) electrons. The van der Waals surface area contributed by atoms with Crippen LogP contribution < -0.4 is 0 Å². The van der Waals surface area contributed by atoms with Gasteiger partial charge in [-0.25, -0.2) is 9.97 Å². The van der Waals surface area contributed by atoms with Crippen molar-refractivity contribution in [3.63, 3.8) is 0 Å². The number of fused-ring (bicyclic) bond motifs is 7. The standard InChI is InChI=1S/C53H32N4O/c54-33-43-50(36-21-9-3-10-22-36)55-53(56-51(43)37-23-11-4-12-24-37)42-32-38(34-17-5-1-6-18-34)31-41(35-19-7-2-8-20-35)52(42)57-44-27-15-13-25-39(44)48-45(57)29-30-47-49(48)40-26-14-16-28-46(40)58-47/h1-32H. The third-order valence-corrected chi connectivity index (χ3v) is 11.1. The second-order valence-corrected chi connectivity index (χ2v) is 14.4. The van der Waals surface area contributed by atoms with Gasteiger partial charge in [0.25, 0.3) is 0 Å². The monoisotopic (exact) mass is 740 g/mol. The number of hydrogen-bond acceptors (Lipinski definition) is 4. The molecule has 0 atom stereocenters. The molecule has 58 heavy (non-hydrogen) atoms. The van der Waals surface area contributed by atoms with E-state index in [4.69, 9.17) is 14.4 Å². The molecule has 5 heteroatoms. The molecule has 0 aliphatic heterocycles. The lowest BCUT2D eigenvalue weighted by atomic mass is 9.92. The zero-order chi connectivity index (χ0) is 38.6. The molecule has 3 heterocycles. The van der Waals surface area contributed by atoms with E-state index in [-0.39, 0.29) is 0 Å². The summed E-state index contributed by atoms with van der Waals surface area (Å²) in [7, 11) is 0. The summed E-state index contributed by atoms with van der Waals surface area (Å²) in [6, 6.07) is 69.0. The van der Waals surface area contributed by atoms with Gasteiger partial charge in [0.05, 0.1) is 28.1 Å². The number of benzene rings is 8. The summed E-state index contributed by atoms with van der Waals surface area (Å²) in [4.78, 5) is 10.8. The van der Waals surface area contributed by atoms with Crippen molar-refractivity contribution in [2.45, 2.75) is 0 Å². The Morgan fingerprint density at radius 1 is 0.431 bits per heavy atom. The Morgan fingerprint density at radius 2 is 0.966 bits per heavy atom. The molecular formula is C53H32N4O. The zero-order valence-corrected chi connectivity index (χ0v) is 31.2. The lowest BCUT2D eigenvalue weighted by Crippen LogP contribution is -2.06. The van der Waals surface area contributed by atoms with Gasteiger partial charge in [-0.15, -0.1) is 0 Å². The normalized spacial score (nSPS) is 11.4. The van der Waals surface area contributed by atoms with E-state index in [9.17, 15) is 5.26 Å². The van der Waals surface area contributed by atoms with Crippen LogP contribution in [0.25, 0.3) is 106 Å². The van der Waals surface area contributed by atoms with Crippen LogP contribution in [0.2, 0.25) is 0 Å². The van der Waals surface area contributed by atoms with Crippen LogP contribution in [-0.2, 0) is 0 Å². The van der Waals surface area contributed by atoms with Gasteiger partial charge in [-0.1, -0.05) is 158 Å². The van der Waals surface area contributed by atoms with Crippen molar-refractivity contribution in [3.05, 3.63) is 200 Å². The number of rotatable bonds is 6. The Hall–Kier alpha value is -8.07. The predicted molar refractivity (Wildman–Crippen MR) is 236 cm³/mol. The molecule has 3 aromatic heterocycles. The maximum atomic E-state index is 10.8. The minimum Gasteiger partial charge on any atom is -0.456 e. The molecule has 0 saturated heterocycles. The fourth-order valence-corrected chi connectivity index (χ4v) is 8.49. The van der Waals surface area contributed by atoms with Crippen molar-refractivity contribution in [1.29, 1.82) is 5.26 Å². The number of furan rings is 1. The molecule has 11 rings (SSSR count). The van der Waals surface area contributed by atoms with Crippen LogP contribution >= 0.6 is 0 Å². The molecule has 0 aliphatic carbocycles. The van der Waals surface area contributed by atoms with E-state index in [2.05, 4.69) is 120 Å². The van der Waals surface area contributed by atoms with Crippen molar-refractivity contribution in [2.24, 2.45) is 0 Å². The van der Waals surface area contributed by atoms with Crippen molar-refractivity contribution in [2.75, 3.05) is 0 Å². The van der Waals surface area contributed by atoms with E-state index in [1.165, 1.54) is 0 Å². The Bertz CT molecular complexity index is 3320. The average molecular weight is 741 g/mol. The zero-order valence-electron chi connectivity index (χ0n) is 31.2. The maximum Gasteiger partial charge on any atom is 0.162 e. The van der Waals surface area contributed by atoms with Crippen LogP contribution in [0.1, 0.15) is 5.56 Å². The van der Waals surface area contributed by atoms with E-state index in [0.717, 1.165) is 88.4 Å². The highest BCUT2D eigenvalue weighted by Crippen LogP contribution is 2.46. The molecule has 11 aromatic rings. The van der Waals surface area contributed by atoms with Gasteiger partial charge in [0, 0.05) is 43.8 Å². The van der Waals surface area contributed by atoms with Crippen LogP contribution in [0.3, 0.4) is 0 Å². The first kappa shape index (κ1) is 33.3.